The fourth-order valence-corrected chi connectivity index (χ4v) is 2.93. The number of hydrogen-bond acceptors (Lipinski definition) is 6. The number of hydrogen-bond donors (Lipinski definition) is 2. The SMILES string of the molecule is C/C(=N/Nc1ccccn1)c1ccc(NC2=NCCCS2)cc1. The minimum atomic E-state index is 0.734. The van der Waals surface area contributed by atoms with Crippen molar-refractivity contribution in [2.75, 3.05) is 23.0 Å². The Morgan fingerprint density at radius 3 is 2.74 bits per heavy atom. The van der Waals surface area contributed by atoms with Crippen molar-refractivity contribution in [3.8, 4) is 0 Å². The first kappa shape index (κ1) is 15.6. The highest BCUT2D eigenvalue weighted by Gasteiger charge is 2.06. The number of hydrazone groups is 1. The van der Waals surface area contributed by atoms with E-state index < -0.39 is 0 Å². The third-order valence-corrected chi connectivity index (χ3v) is 4.35. The van der Waals surface area contributed by atoms with Gasteiger partial charge in [-0.25, -0.2) is 4.98 Å². The van der Waals surface area contributed by atoms with Crippen LogP contribution in [0.2, 0.25) is 0 Å². The quantitative estimate of drug-likeness (QED) is 0.662. The number of benzene rings is 1. The molecule has 2 heterocycles. The Bertz CT molecular complexity index is 695. The number of pyridine rings is 1. The van der Waals surface area contributed by atoms with E-state index in [1.807, 2.05) is 37.3 Å². The van der Waals surface area contributed by atoms with E-state index in [0.717, 1.165) is 46.7 Å². The second-order valence-electron chi connectivity index (χ2n) is 5.12. The van der Waals surface area contributed by atoms with Crippen LogP contribution < -0.4 is 10.7 Å². The number of thioether (sulfide) groups is 1. The van der Waals surface area contributed by atoms with Crippen LogP contribution in [0.4, 0.5) is 11.5 Å². The molecule has 2 N–H and O–H groups in total. The molecule has 1 aromatic carbocycles. The van der Waals surface area contributed by atoms with Crippen molar-refractivity contribution in [1.82, 2.24) is 4.98 Å². The summed E-state index contributed by atoms with van der Waals surface area (Å²) < 4.78 is 0. The van der Waals surface area contributed by atoms with E-state index in [9.17, 15) is 0 Å². The molecule has 0 saturated carbocycles. The molecule has 1 aliphatic rings. The lowest BCUT2D eigenvalue weighted by atomic mass is 10.1. The van der Waals surface area contributed by atoms with Gasteiger partial charge >= 0.3 is 0 Å². The Labute approximate surface area is 140 Å². The molecule has 0 fully saturated rings. The molecule has 118 valence electrons. The Balaban J connectivity index is 1.63. The maximum atomic E-state index is 4.47. The summed E-state index contributed by atoms with van der Waals surface area (Å²) in [5, 5.41) is 8.72. The standard InChI is InChI=1S/C17H19N5S/c1-13(21-22-16-5-2-3-10-18-16)14-6-8-15(9-7-14)20-17-19-11-4-12-23-17/h2-3,5-10H,4,11-12H2,1H3,(H,18,22)(H,19,20)/b21-13-. The fourth-order valence-electron chi connectivity index (χ4n) is 2.09. The first-order chi connectivity index (χ1) is 11.3. The summed E-state index contributed by atoms with van der Waals surface area (Å²) in [6.07, 6.45) is 2.90. The molecule has 0 atom stereocenters. The van der Waals surface area contributed by atoms with Gasteiger partial charge in [-0.3, -0.25) is 10.4 Å². The molecule has 0 aliphatic carbocycles. The molecule has 0 amide bonds. The topological polar surface area (TPSA) is 61.7 Å². The third kappa shape index (κ3) is 4.56. The van der Waals surface area contributed by atoms with Crippen LogP contribution in [-0.4, -0.2) is 28.2 Å². The summed E-state index contributed by atoms with van der Waals surface area (Å²) >= 11 is 1.77. The Morgan fingerprint density at radius 1 is 1.17 bits per heavy atom. The summed E-state index contributed by atoms with van der Waals surface area (Å²) in [5.74, 6) is 1.87. The second-order valence-corrected chi connectivity index (χ2v) is 6.20. The summed E-state index contributed by atoms with van der Waals surface area (Å²) in [6, 6.07) is 13.9. The zero-order valence-corrected chi connectivity index (χ0v) is 13.8. The van der Waals surface area contributed by atoms with Gasteiger partial charge in [-0.05, 0) is 43.2 Å². The van der Waals surface area contributed by atoms with E-state index in [1.54, 1.807) is 18.0 Å². The van der Waals surface area contributed by atoms with Crippen molar-refractivity contribution in [3.05, 3.63) is 54.2 Å². The molecule has 0 bridgehead atoms. The molecule has 0 saturated heterocycles. The van der Waals surface area contributed by atoms with Crippen molar-refractivity contribution in [2.24, 2.45) is 10.1 Å². The van der Waals surface area contributed by atoms with E-state index in [1.165, 1.54) is 0 Å². The van der Waals surface area contributed by atoms with Crippen molar-refractivity contribution in [1.29, 1.82) is 0 Å². The van der Waals surface area contributed by atoms with Crippen molar-refractivity contribution in [2.45, 2.75) is 13.3 Å². The maximum absolute atomic E-state index is 4.47. The number of aromatic nitrogens is 1. The zero-order chi connectivity index (χ0) is 15.9. The number of amidine groups is 1. The van der Waals surface area contributed by atoms with Crippen LogP contribution in [0.5, 0.6) is 0 Å². The van der Waals surface area contributed by atoms with Gasteiger partial charge in [0.25, 0.3) is 0 Å². The van der Waals surface area contributed by atoms with Gasteiger partial charge in [0.05, 0.1) is 5.71 Å². The molecule has 0 unspecified atom stereocenters. The molecule has 2 aromatic rings. The van der Waals surface area contributed by atoms with Gasteiger partial charge in [0.15, 0.2) is 5.17 Å². The summed E-state index contributed by atoms with van der Waals surface area (Å²) in [7, 11) is 0. The highest BCUT2D eigenvalue weighted by Crippen LogP contribution is 2.17. The minimum Gasteiger partial charge on any atom is -0.335 e. The lowest BCUT2D eigenvalue weighted by Crippen LogP contribution is -2.13. The fraction of sp³-hybridized carbons (Fsp3) is 0.235. The Morgan fingerprint density at radius 2 is 2.04 bits per heavy atom. The third-order valence-electron chi connectivity index (χ3n) is 3.35. The lowest BCUT2D eigenvalue weighted by molar-refractivity contribution is 0.938. The van der Waals surface area contributed by atoms with E-state index in [2.05, 4.69) is 38.0 Å². The molecule has 3 rings (SSSR count). The van der Waals surface area contributed by atoms with Crippen LogP contribution in [0, 0.1) is 0 Å². The van der Waals surface area contributed by atoms with Gasteiger partial charge in [0.2, 0.25) is 0 Å². The van der Waals surface area contributed by atoms with Gasteiger partial charge < -0.3 is 5.32 Å². The zero-order valence-electron chi connectivity index (χ0n) is 13.0. The second kappa shape index (κ2) is 7.78. The van der Waals surface area contributed by atoms with E-state index in [4.69, 9.17) is 0 Å². The predicted molar refractivity (Wildman–Crippen MR) is 99.5 cm³/mol. The molecule has 1 aromatic heterocycles. The van der Waals surface area contributed by atoms with Gasteiger partial charge in [0.1, 0.15) is 5.82 Å². The van der Waals surface area contributed by atoms with Gasteiger partial charge in [-0.15, -0.1) is 0 Å². The van der Waals surface area contributed by atoms with Crippen LogP contribution >= 0.6 is 11.8 Å². The molecule has 6 heteroatoms. The van der Waals surface area contributed by atoms with Crippen LogP contribution in [0.25, 0.3) is 0 Å². The van der Waals surface area contributed by atoms with Crippen molar-refractivity contribution in [3.63, 3.8) is 0 Å². The van der Waals surface area contributed by atoms with E-state index in [0.29, 0.717) is 0 Å². The summed E-state index contributed by atoms with van der Waals surface area (Å²) in [4.78, 5) is 8.65. The first-order valence-corrected chi connectivity index (χ1v) is 8.56. The molecule has 0 spiro atoms. The van der Waals surface area contributed by atoms with Crippen molar-refractivity contribution >= 4 is 34.1 Å². The lowest BCUT2D eigenvalue weighted by Gasteiger charge is -2.13. The highest BCUT2D eigenvalue weighted by atomic mass is 32.2. The largest absolute Gasteiger partial charge is 0.335 e. The molecule has 0 radical (unpaired) electrons. The van der Waals surface area contributed by atoms with Crippen LogP contribution in [0.15, 0.2) is 58.8 Å². The first-order valence-electron chi connectivity index (χ1n) is 7.57. The Hall–Kier alpha value is -2.34. The number of rotatable bonds is 4. The van der Waals surface area contributed by atoms with E-state index in [-0.39, 0.29) is 0 Å². The maximum Gasteiger partial charge on any atom is 0.161 e. The average Bonchev–Trinajstić information content (AvgIpc) is 2.62. The monoisotopic (exact) mass is 325 g/mol. The minimum absolute atomic E-state index is 0.734. The molecule has 23 heavy (non-hydrogen) atoms. The molecule has 5 nitrogen and oxygen atoms in total. The summed E-state index contributed by atoms with van der Waals surface area (Å²) in [5.41, 5.74) is 5.99. The Kier molecular flexibility index (Phi) is 5.26. The number of aliphatic imine (C=N–C) groups is 1. The number of nitrogens with zero attached hydrogens (tertiary/aromatic N) is 3. The van der Waals surface area contributed by atoms with Gasteiger partial charge in [0, 0.05) is 24.2 Å². The molecular weight excluding hydrogens is 306 g/mol. The van der Waals surface area contributed by atoms with Crippen LogP contribution in [-0.2, 0) is 0 Å². The normalized spacial score (nSPS) is 15.0. The smallest absolute Gasteiger partial charge is 0.161 e. The van der Waals surface area contributed by atoms with E-state index >= 15 is 0 Å². The van der Waals surface area contributed by atoms with Gasteiger partial charge in [-0.2, -0.15) is 5.10 Å². The predicted octanol–water partition coefficient (Wildman–Crippen LogP) is 3.82. The molecular formula is C17H19N5S. The van der Waals surface area contributed by atoms with Crippen LogP contribution in [0.1, 0.15) is 18.9 Å². The van der Waals surface area contributed by atoms with Crippen molar-refractivity contribution < 1.29 is 0 Å². The average molecular weight is 325 g/mol. The van der Waals surface area contributed by atoms with Gasteiger partial charge in [-0.1, -0.05) is 30.0 Å². The highest BCUT2D eigenvalue weighted by molar-refractivity contribution is 8.14. The molecule has 1 aliphatic heterocycles. The van der Waals surface area contributed by atoms with Crippen LogP contribution in [0.3, 0.4) is 0 Å². The number of anilines is 2. The summed E-state index contributed by atoms with van der Waals surface area (Å²) in [6.45, 7) is 2.89. The number of nitrogens with one attached hydrogen (secondary N) is 2.